The molecule has 4 rings (SSSR count). The summed E-state index contributed by atoms with van der Waals surface area (Å²) in [6, 6.07) is 0. The molecule has 14 heavy (non-hydrogen) atoms. The lowest BCUT2D eigenvalue weighted by Gasteiger charge is -2.57. The molecule has 4 fully saturated rings. The second-order valence-corrected chi connectivity index (χ2v) is 5.85. The average Bonchev–Trinajstić information content (AvgIpc) is 2.14. The van der Waals surface area contributed by atoms with Gasteiger partial charge in [0.25, 0.3) is 0 Å². The third kappa shape index (κ3) is 1.07. The minimum atomic E-state index is -0.476. The van der Waals surface area contributed by atoms with Gasteiger partial charge in [-0.2, -0.15) is 0 Å². The Balaban J connectivity index is 1.91. The maximum Gasteiger partial charge on any atom is 0.120 e. The van der Waals surface area contributed by atoms with Crippen molar-refractivity contribution in [2.24, 2.45) is 23.2 Å². The van der Waals surface area contributed by atoms with E-state index in [1.807, 2.05) is 0 Å². The van der Waals surface area contributed by atoms with Crippen molar-refractivity contribution in [3.63, 3.8) is 0 Å². The Morgan fingerprint density at radius 2 is 1.50 bits per heavy atom. The molecule has 1 N–H and O–H groups in total. The van der Waals surface area contributed by atoms with Crippen LogP contribution in [0.15, 0.2) is 0 Å². The predicted octanol–water partition coefficient (Wildman–Crippen LogP) is 2.20. The molecule has 0 aliphatic heterocycles. The highest BCUT2D eigenvalue weighted by Gasteiger charge is 2.53. The zero-order valence-corrected chi connectivity index (χ0v) is 8.58. The van der Waals surface area contributed by atoms with Crippen molar-refractivity contribution in [3.05, 3.63) is 0 Å². The number of hydrogen-bond donors (Lipinski definition) is 1. The van der Waals surface area contributed by atoms with Crippen molar-refractivity contribution >= 4 is 0 Å². The molecule has 1 atom stereocenters. The van der Waals surface area contributed by atoms with Gasteiger partial charge in [-0.15, -0.1) is 6.42 Å². The lowest BCUT2D eigenvalue weighted by Crippen LogP contribution is -2.51. The van der Waals surface area contributed by atoms with Gasteiger partial charge in [0.05, 0.1) is 0 Å². The van der Waals surface area contributed by atoms with Crippen LogP contribution in [0, 0.1) is 35.5 Å². The summed E-state index contributed by atoms with van der Waals surface area (Å²) in [5.41, 5.74) is 0.128. The van der Waals surface area contributed by atoms with Gasteiger partial charge >= 0.3 is 0 Å². The van der Waals surface area contributed by atoms with Gasteiger partial charge in [0, 0.05) is 5.41 Å². The van der Waals surface area contributed by atoms with Gasteiger partial charge < -0.3 is 5.11 Å². The Labute approximate surface area is 85.9 Å². The Morgan fingerprint density at radius 1 is 1.07 bits per heavy atom. The van der Waals surface area contributed by atoms with Crippen molar-refractivity contribution in [3.8, 4) is 12.3 Å². The van der Waals surface area contributed by atoms with E-state index in [1.165, 1.54) is 38.5 Å². The highest BCUT2D eigenvalue weighted by Crippen LogP contribution is 2.61. The monoisotopic (exact) mass is 190 g/mol. The van der Waals surface area contributed by atoms with Gasteiger partial charge in [-0.1, -0.05) is 5.92 Å². The number of aliphatic hydroxyl groups is 1. The lowest BCUT2D eigenvalue weighted by atomic mass is 9.48. The smallest absolute Gasteiger partial charge is 0.120 e. The van der Waals surface area contributed by atoms with E-state index in [9.17, 15) is 5.11 Å². The van der Waals surface area contributed by atoms with Crippen molar-refractivity contribution in [1.29, 1.82) is 0 Å². The van der Waals surface area contributed by atoms with Gasteiger partial charge in [0.15, 0.2) is 0 Å². The van der Waals surface area contributed by atoms with Crippen LogP contribution in [0.5, 0.6) is 0 Å². The molecule has 0 spiro atoms. The van der Waals surface area contributed by atoms with Crippen LogP contribution in [0.2, 0.25) is 0 Å². The van der Waals surface area contributed by atoms with E-state index >= 15 is 0 Å². The number of aliphatic hydroxyl groups excluding tert-OH is 1. The largest absolute Gasteiger partial charge is 0.380 e. The Hall–Kier alpha value is -0.480. The SMILES string of the molecule is C#C[C@H](O)C12CC3CC(CC(C3)C1)C2. The van der Waals surface area contributed by atoms with E-state index in [0.717, 1.165) is 17.8 Å². The second-order valence-electron chi connectivity index (χ2n) is 5.85. The molecule has 4 aliphatic rings. The highest BCUT2D eigenvalue weighted by atomic mass is 16.3. The number of rotatable bonds is 1. The van der Waals surface area contributed by atoms with Gasteiger partial charge in [-0.3, -0.25) is 0 Å². The molecule has 0 saturated heterocycles. The first kappa shape index (κ1) is 8.80. The number of hydrogen-bond acceptors (Lipinski definition) is 1. The summed E-state index contributed by atoms with van der Waals surface area (Å²) >= 11 is 0. The third-order valence-electron chi connectivity index (χ3n) is 4.82. The fourth-order valence-electron chi connectivity index (χ4n) is 4.69. The van der Waals surface area contributed by atoms with Crippen molar-refractivity contribution < 1.29 is 5.11 Å². The van der Waals surface area contributed by atoms with Crippen LogP contribution < -0.4 is 0 Å². The van der Waals surface area contributed by atoms with Gasteiger partial charge in [0.1, 0.15) is 6.10 Å². The van der Waals surface area contributed by atoms with Crippen molar-refractivity contribution in [2.45, 2.75) is 44.6 Å². The predicted molar refractivity (Wildman–Crippen MR) is 55.4 cm³/mol. The normalized spacial score (nSPS) is 51.6. The van der Waals surface area contributed by atoms with E-state index in [4.69, 9.17) is 6.42 Å². The molecule has 76 valence electrons. The molecule has 0 heterocycles. The molecule has 4 saturated carbocycles. The highest BCUT2D eigenvalue weighted by molar-refractivity contribution is 5.11. The zero-order valence-electron chi connectivity index (χ0n) is 8.58. The summed E-state index contributed by atoms with van der Waals surface area (Å²) in [6.45, 7) is 0. The summed E-state index contributed by atoms with van der Waals surface area (Å²) < 4.78 is 0. The molecular formula is C13H18O. The summed E-state index contributed by atoms with van der Waals surface area (Å²) in [5.74, 6) is 5.21. The lowest BCUT2D eigenvalue weighted by molar-refractivity contribution is -0.101. The standard InChI is InChI=1S/C13H18O/c1-2-12(14)13-6-9-3-10(7-13)5-11(4-9)8-13/h1,9-12,14H,3-8H2/t9?,10?,11?,12-,13?/m0/s1. The maximum absolute atomic E-state index is 9.99. The fraction of sp³-hybridized carbons (Fsp3) is 0.846. The third-order valence-corrected chi connectivity index (χ3v) is 4.82. The van der Waals surface area contributed by atoms with Gasteiger partial charge in [0.2, 0.25) is 0 Å². The molecule has 0 radical (unpaired) electrons. The molecule has 0 aromatic carbocycles. The van der Waals surface area contributed by atoms with Crippen molar-refractivity contribution in [2.75, 3.05) is 0 Å². The molecule has 0 amide bonds. The molecule has 0 unspecified atom stereocenters. The molecule has 0 aromatic heterocycles. The summed E-state index contributed by atoms with van der Waals surface area (Å²) in [6.07, 6.45) is 12.8. The van der Waals surface area contributed by atoms with Crippen LogP contribution in [-0.4, -0.2) is 11.2 Å². The summed E-state index contributed by atoms with van der Waals surface area (Å²) in [4.78, 5) is 0. The first-order chi connectivity index (χ1) is 6.72. The van der Waals surface area contributed by atoms with E-state index in [-0.39, 0.29) is 5.41 Å². The molecule has 1 heteroatoms. The Morgan fingerprint density at radius 3 is 1.86 bits per heavy atom. The van der Waals surface area contributed by atoms with Crippen LogP contribution in [0.3, 0.4) is 0 Å². The molecule has 0 aromatic rings. The zero-order chi connectivity index (χ0) is 9.76. The van der Waals surface area contributed by atoms with Crippen LogP contribution in [0.1, 0.15) is 38.5 Å². The van der Waals surface area contributed by atoms with Gasteiger partial charge in [-0.25, -0.2) is 0 Å². The van der Waals surface area contributed by atoms with Crippen LogP contribution >= 0.6 is 0 Å². The minimum absolute atomic E-state index is 0.128. The first-order valence-corrected chi connectivity index (χ1v) is 5.86. The number of terminal acetylenes is 1. The Kier molecular flexibility index (Phi) is 1.74. The fourth-order valence-corrected chi connectivity index (χ4v) is 4.69. The minimum Gasteiger partial charge on any atom is -0.380 e. The van der Waals surface area contributed by atoms with E-state index in [1.54, 1.807) is 0 Å². The quantitative estimate of drug-likeness (QED) is 0.628. The summed E-state index contributed by atoms with van der Waals surface area (Å²) in [5, 5.41) is 9.99. The molecule has 4 bridgehead atoms. The molecule has 1 nitrogen and oxygen atoms in total. The van der Waals surface area contributed by atoms with Crippen LogP contribution in [0.4, 0.5) is 0 Å². The molecular weight excluding hydrogens is 172 g/mol. The van der Waals surface area contributed by atoms with Crippen molar-refractivity contribution in [1.82, 2.24) is 0 Å². The Bertz CT molecular complexity index is 251. The van der Waals surface area contributed by atoms with E-state index in [0.29, 0.717) is 0 Å². The second kappa shape index (κ2) is 2.76. The summed E-state index contributed by atoms with van der Waals surface area (Å²) in [7, 11) is 0. The van der Waals surface area contributed by atoms with Crippen LogP contribution in [0.25, 0.3) is 0 Å². The molecule has 4 aliphatic carbocycles. The van der Waals surface area contributed by atoms with E-state index in [2.05, 4.69) is 5.92 Å². The maximum atomic E-state index is 9.99. The van der Waals surface area contributed by atoms with Crippen LogP contribution in [-0.2, 0) is 0 Å². The average molecular weight is 190 g/mol. The first-order valence-electron chi connectivity index (χ1n) is 5.86. The van der Waals surface area contributed by atoms with E-state index < -0.39 is 6.10 Å². The topological polar surface area (TPSA) is 20.2 Å². The van der Waals surface area contributed by atoms with Gasteiger partial charge in [-0.05, 0) is 56.3 Å².